The predicted octanol–water partition coefficient (Wildman–Crippen LogP) is 18.1. The van der Waals surface area contributed by atoms with E-state index in [0.29, 0.717) is 6.42 Å². The Bertz CT molecular complexity index is 1480. The quantitative estimate of drug-likeness (QED) is 0.0264. The minimum absolute atomic E-state index is 0.0523. The van der Waals surface area contributed by atoms with Crippen molar-refractivity contribution in [2.75, 3.05) is 26.4 Å². The molecule has 0 aliphatic heterocycles. The number of rotatable bonds is 53. The summed E-state index contributed by atoms with van der Waals surface area (Å²) in [4.78, 5) is 34.9. The normalized spacial score (nSPS) is 13.8. The maximum Gasteiger partial charge on any atom is 0.472 e. The number of unbranched alkanes of at least 4 members (excludes halogenated alkanes) is 24. The number of hydrogen-bond acceptors (Lipinski definition) is 8. The molecule has 0 aromatic rings. The Morgan fingerprint density at radius 3 is 1.15 bits per heavy atom. The van der Waals surface area contributed by atoms with Crippen LogP contribution in [0.2, 0.25) is 0 Å². The second-order valence-corrected chi connectivity index (χ2v) is 20.2. The molecular formula is C61H106NO8P. The van der Waals surface area contributed by atoms with Crippen molar-refractivity contribution in [1.29, 1.82) is 0 Å². The largest absolute Gasteiger partial charge is 0.472 e. The molecule has 10 heteroatoms. The van der Waals surface area contributed by atoms with Gasteiger partial charge < -0.3 is 20.1 Å². The third-order valence-electron chi connectivity index (χ3n) is 12.0. The fourth-order valence-electron chi connectivity index (χ4n) is 7.77. The second kappa shape index (κ2) is 56.2. The van der Waals surface area contributed by atoms with Gasteiger partial charge in [0.25, 0.3) is 0 Å². The van der Waals surface area contributed by atoms with Gasteiger partial charge in [-0.1, -0.05) is 252 Å². The summed E-state index contributed by atoms with van der Waals surface area (Å²) >= 11 is 0. The summed E-state index contributed by atoms with van der Waals surface area (Å²) in [5, 5.41) is 0. The lowest BCUT2D eigenvalue weighted by Crippen LogP contribution is -2.29. The van der Waals surface area contributed by atoms with E-state index in [1.165, 1.54) is 122 Å². The molecule has 0 aromatic carbocycles. The van der Waals surface area contributed by atoms with Crippen molar-refractivity contribution < 1.29 is 37.6 Å². The Kier molecular flexibility index (Phi) is 53.8. The highest BCUT2D eigenvalue weighted by atomic mass is 31.2. The van der Waals surface area contributed by atoms with E-state index in [1.54, 1.807) is 0 Å². The first-order chi connectivity index (χ1) is 34.8. The van der Waals surface area contributed by atoms with Crippen LogP contribution in [0.1, 0.15) is 245 Å². The molecule has 0 bridgehead atoms. The molecular weight excluding hydrogens is 906 g/mol. The smallest absolute Gasteiger partial charge is 0.462 e. The molecule has 0 aliphatic carbocycles. The van der Waals surface area contributed by atoms with E-state index in [9.17, 15) is 19.0 Å². The van der Waals surface area contributed by atoms with E-state index in [2.05, 4.69) is 111 Å². The number of hydrogen-bond donors (Lipinski definition) is 2. The lowest BCUT2D eigenvalue weighted by atomic mass is 10.0. The van der Waals surface area contributed by atoms with Gasteiger partial charge in [0, 0.05) is 19.4 Å². The Hall–Kier alpha value is -3.07. The van der Waals surface area contributed by atoms with Gasteiger partial charge in [-0.25, -0.2) is 4.57 Å². The van der Waals surface area contributed by atoms with Gasteiger partial charge in [0.2, 0.25) is 0 Å². The zero-order chi connectivity index (χ0) is 51.7. The van der Waals surface area contributed by atoms with Crippen molar-refractivity contribution in [1.82, 2.24) is 0 Å². The van der Waals surface area contributed by atoms with Crippen molar-refractivity contribution in [3.05, 3.63) is 97.2 Å². The van der Waals surface area contributed by atoms with Crippen molar-refractivity contribution in [3.8, 4) is 0 Å². The Morgan fingerprint density at radius 1 is 0.437 bits per heavy atom. The fourth-order valence-corrected chi connectivity index (χ4v) is 8.54. The summed E-state index contributed by atoms with van der Waals surface area (Å²) in [5.74, 6) is -0.828. The predicted molar refractivity (Wildman–Crippen MR) is 302 cm³/mol. The van der Waals surface area contributed by atoms with Gasteiger partial charge in [0.1, 0.15) is 6.61 Å². The summed E-state index contributed by atoms with van der Waals surface area (Å²) in [7, 11) is -4.38. The standard InChI is InChI=1S/C61H106NO8P/c1-3-5-7-9-11-13-14-15-16-17-18-19-20-21-22-23-24-25-26-27-28-29-30-31-32-33-34-35-36-37-38-39-40-41-42-43-44-46-48-50-52-54-61(64)70-59(58-69-71(65,66)68-56-55-62)57-67-60(63)53-51-49-47-45-12-10-8-6-4-2/h5,7,11,13,15-16,18-19,21-22,24-25,27-28,30-31,59H,3-4,6,8-10,12,14,17,20,23,26,29,32-58,62H2,1-2H3,(H,65,66)/b7-5-,13-11-,16-15-,19-18-,22-21-,25-24-,28-27-,31-30-. The molecule has 9 nitrogen and oxygen atoms in total. The fraction of sp³-hybridized carbons (Fsp3) is 0.705. The van der Waals surface area contributed by atoms with Gasteiger partial charge in [-0.2, -0.15) is 0 Å². The lowest BCUT2D eigenvalue weighted by molar-refractivity contribution is -0.161. The number of carbonyl (C=O) groups is 2. The number of allylic oxidation sites excluding steroid dienone is 16. The second-order valence-electron chi connectivity index (χ2n) is 18.8. The zero-order valence-electron chi connectivity index (χ0n) is 45.4. The van der Waals surface area contributed by atoms with Gasteiger partial charge in [-0.05, 0) is 77.0 Å². The van der Waals surface area contributed by atoms with E-state index in [-0.39, 0.29) is 38.6 Å². The van der Waals surface area contributed by atoms with E-state index < -0.39 is 26.5 Å². The third kappa shape index (κ3) is 56.1. The van der Waals surface area contributed by atoms with Gasteiger partial charge in [-0.3, -0.25) is 18.6 Å². The number of carbonyl (C=O) groups excluding carboxylic acids is 2. The van der Waals surface area contributed by atoms with Crippen LogP contribution in [0.5, 0.6) is 0 Å². The molecule has 0 radical (unpaired) electrons. The molecule has 0 rings (SSSR count). The molecule has 0 saturated carbocycles. The number of phosphoric acid groups is 1. The monoisotopic (exact) mass is 1010 g/mol. The summed E-state index contributed by atoms with van der Waals surface area (Å²) in [6, 6.07) is 0. The van der Waals surface area contributed by atoms with Gasteiger partial charge in [0.05, 0.1) is 13.2 Å². The highest BCUT2D eigenvalue weighted by Crippen LogP contribution is 2.43. The summed E-state index contributed by atoms with van der Waals surface area (Å²) in [5.41, 5.74) is 5.36. The molecule has 0 heterocycles. The molecule has 408 valence electrons. The van der Waals surface area contributed by atoms with Crippen LogP contribution < -0.4 is 5.73 Å². The summed E-state index contributed by atoms with van der Waals surface area (Å²) < 4.78 is 32.8. The molecule has 0 amide bonds. The van der Waals surface area contributed by atoms with Crippen LogP contribution >= 0.6 is 7.82 Å². The first-order valence-electron chi connectivity index (χ1n) is 28.7. The Labute approximate surface area is 436 Å². The van der Waals surface area contributed by atoms with Crippen molar-refractivity contribution in [2.24, 2.45) is 5.73 Å². The minimum atomic E-state index is -4.38. The van der Waals surface area contributed by atoms with Crippen LogP contribution in [0.25, 0.3) is 0 Å². The van der Waals surface area contributed by atoms with Crippen LogP contribution in [0, 0.1) is 0 Å². The lowest BCUT2D eigenvalue weighted by Gasteiger charge is -2.19. The Morgan fingerprint density at radius 2 is 0.775 bits per heavy atom. The van der Waals surface area contributed by atoms with Crippen molar-refractivity contribution in [3.63, 3.8) is 0 Å². The first-order valence-corrected chi connectivity index (χ1v) is 30.2. The number of nitrogens with two attached hydrogens (primary N) is 1. The van der Waals surface area contributed by atoms with Crippen molar-refractivity contribution >= 4 is 19.8 Å². The van der Waals surface area contributed by atoms with E-state index in [4.69, 9.17) is 24.3 Å². The Balaban J connectivity index is 3.80. The van der Waals surface area contributed by atoms with Crippen LogP contribution in [0.4, 0.5) is 0 Å². The van der Waals surface area contributed by atoms with Crippen LogP contribution in [0.3, 0.4) is 0 Å². The third-order valence-corrected chi connectivity index (χ3v) is 13.0. The summed E-state index contributed by atoms with van der Waals surface area (Å²) in [6.07, 6.45) is 75.0. The average Bonchev–Trinajstić information content (AvgIpc) is 3.36. The van der Waals surface area contributed by atoms with Gasteiger partial charge in [0.15, 0.2) is 6.10 Å². The van der Waals surface area contributed by atoms with E-state index in [0.717, 1.165) is 89.9 Å². The molecule has 71 heavy (non-hydrogen) atoms. The maximum absolute atomic E-state index is 12.6. The van der Waals surface area contributed by atoms with Gasteiger partial charge in [-0.15, -0.1) is 0 Å². The number of ether oxygens (including phenoxy) is 2. The highest BCUT2D eigenvalue weighted by Gasteiger charge is 2.26. The van der Waals surface area contributed by atoms with Crippen LogP contribution in [0.15, 0.2) is 97.2 Å². The summed E-state index contributed by atoms with van der Waals surface area (Å²) in [6.45, 7) is 3.60. The molecule has 0 aromatic heterocycles. The first kappa shape index (κ1) is 67.9. The number of esters is 2. The van der Waals surface area contributed by atoms with Crippen molar-refractivity contribution in [2.45, 2.75) is 251 Å². The molecule has 0 saturated heterocycles. The SMILES string of the molecule is CC/C=C\C/C=C\C/C=C\C/C=C\C/C=C\C/C=C\C/C=C\C/C=C\CCCCCCCCCCCCCCCCCCC(=O)OC(COC(=O)CCCCCCCCCCC)COP(=O)(O)OCCN. The van der Waals surface area contributed by atoms with E-state index in [1.807, 2.05) is 0 Å². The molecule has 3 N–H and O–H groups in total. The molecule has 2 unspecified atom stereocenters. The topological polar surface area (TPSA) is 134 Å². The molecule has 0 spiro atoms. The molecule has 0 aliphatic rings. The molecule has 2 atom stereocenters. The zero-order valence-corrected chi connectivity index (χ0v) is 46.3. The average molecular weight is 1010 g/mol. The van der Waals surface area contributed by atoms with Crippen LogP contribution in [-0.4, -0.2) is 49.3 Å². The highest BCUT2D eigenvalue weighted by molar-refractivity contribution is 7.47. The van der Waals surface area contributed by atoms with Gasteiger partial charge >= 0.3 is 19.8 Å². The van der Waals surface area contributed by atoms with Crippen LogP contribution in [-0.2, 0) is 32.7 Å². The maximum atomic E-state index is 12.6. The minimum Gasteiger partial charge on any atom is -0.462 e. The van der Waals surface area contributed by atoms with E-state index >= 15 is 0 Å². The number of phosphoric ester groups is 1. The molecule has 0 fully saturated rings.